The fourth-order valence-electron chi connectivity index (χ4n) is 0.959. The van der Waals surface area contributed by atoms with E-state index in [4.69, 9.17) is 0 Å². The average molecular weight is 203 g/mol. The number of anilines is 1. The van der Waals surface area contributed by atoms with Crippen LogP contribution in [0.15, 0.2) is 12.4 Å². The van der Waals surface area contributed by atoms with E-state index >= 15 is 0 Å². The van der Waals surface area contributed by atoms with Crippen molar-refractivity contribution >= 4 is 5.95 Å². The summed E-state index contributed by atoms with van der Waals surface area (Å²) in [7, 11) is 0. The normalized spacial score (nSPS) is 16.8. The first-order valence-electron chi connectivity index (χ1n) is 4.21. The third kappa shape index (κ3) is 2.12. The lowest BCUT2D eigenvalue weighted by Crippen LogP contribution is -2.09. The minimum absolute atomic E-state index is 0.264. The second-order valence-corrected chi connectivity index (χ2v) is 3.21. The van der Waals surface area contributed by atoms with Crippen LogP contribution < -0.4 is 5.32 Å². The van der Waals surface area contributed by atoms with Crippen LogP contribution in [0.1, 0.15) is 18.4 Å². The van der Waals surface area contributed by atoms with Crippen LogP contribution in [0.25, 0.3) is 0 Å². The smallest absolute Gasteiger partial charge is 0.351 e. The fraction of sp³-hybridized carbons (Fsp3) is 0.500. The molecule has 0 saturated heterocycles. The van der Waals surface area contributed by atoms with Gasteiger partial charge in [-0.15, -0.1) is 0 Å². The lowest BCUT2D eigenvalue weighted by Gasteiger charge is -2.06. The fourth-order valence-corrected chi connectivity index (χ4v) is 0.959. The van der Waals surface area contributed by atoms with E-state index in [0.717, 1.165) is 25.2 Å². The SMILES string of the molecule is FC(F)(F)c1cnc(NC2CC2)nc1. The molecule has 0 unspecified atom stereocenters. The zero-order chi connectivity index (χ0) is 10.2. The number of alkyl halides is 3. The summed E-state index contributed by atoms with van der Waals surface area (Å²) in [5, 5.41) is 2.90. The molecule has 1 saturated carbocycles. The Labute approximate surface area is 78.4 Å². The van der Waals surface area contributed by atoms with Crippen LogP contribution in [-0.4, -0.2) is 16.0 Å². The van der Waals surface area contributed by atoms with Gasteiger partial charge in [0.1, 0.15) is 0 Å². The van der Waals surface area contributed by atoms with E-state index in [9.17, 15) is 13.2 Å². The maximum atomic E-state index is 12.1. The molecule has 0 aliphatic heterocycles. The van der Waals surface area contributed by atoms with Gasteiger partial charge in [0.2, 0.25) is 5.95 Å². The molecule has 0 bridgehead atoms. The first kappa shape index (κ1) is 9.23. The monoisotopic (exact) mass is 203 g/mol. The van der Waals surface area contributed by atoms with Crippen molar-refractivity contribution in [3.8, 4) is 0 Å². The highest BCUT2D eigenvalue weighted by molar-refractivity contribution is 5.28. The van der Waals surface area contributed by atoms with Crippen LogP contribution >= 0.6 is 0 Å². The van der Waals surface area contributed by atoms with E-state index in [1.807, 2.05) is 0 Å². The summed E-state index contributed by atoms with van der Waals surface area (Å²) >= 11 is 0. The standard InChI is InChI=1S/C8H8F3N3/c9-8(10,11)5-3-12-7(13-4-5)14-6-1-2-6/h3-4,6H,1-2H2,(H,12,13,14). The quantitative estimate of drug-likeness (QED) is 0.799. The maximum absolute atomic E-state index is 12.1. The summed E-state index contributed by atoms with van der Waals surface area (Å²) < 4.78 is 36.3. The first-order valence-corrected chi connectivity index (χ1v) is 4.21. The number of nitrogens with one attached hydrogen (secondary N) is 1. The largest absolute Gasteiger partial charge is 0.419 e. The van der Waals surface area contributed by atoms with Gasteiger partial charge in [0.25, 0.3) is 0 Å². The molecule has 1 aliphatic carbocycles. The molecule has 6 heteroatoms. The van der Waals surface area contributed by atoms with E-state index < -0.39 is 11.7 Å². The van der Waals surface area contributed by atoms with Crippen molar-refractivity contribution in [3.05, 3.63) is 18.0 Å². The summed E-state index contributed by atoms with van der Waals surface area (Å²) in [6.07, 6.45) is -0.720. The molecule has 14 heavy (non-hydrogen) atoms. The van der Waals surface area contributed by atoms with Gasteiger partial charge in [-0.3, -0.25) is 0 Å². The number of hydrogen-bond donors (Lipinski definition) is 1. The maximum Gasteiger partial charge on any atom is 0.419 e. The zero-order valence-electron chi connectivity index (χ0n) is 7.17. The summed E-state index contributed by atoms with van der Waals surface area (Å²) in [5.41, 5.74) is -0.821. The highest BCUT2D eigenvalue weighted by atomic mass is 19.4. The number of halogens is 3. The highest BCUT2D eigenvalue weighted by Gasteiger charge is 2.31. The van der Waals surface area contributed by atoms with Crippen molar-refractivity contribution in [2.75, 3.05) is 5.32 Å². The molecular formula is C8H8F3N3. The molecule has 76 valence electrons. The Kier molecular flexibility index (Phi) is 2.05. The van der Waals surface area contributed by atoms with E-state index in [0.29, 0.717) is 6.04 Å². The number of hydrogen-bond acceptors (Lipinski definition) is 3. The molecule has 0 amide bonds. The third-order valence-electron chi connectivity index (χ3n) is 1.89. The van der Waals surface area contributed by atoms with E-state index in [1.54, 1.807) is 0 Å². The summed E-state index contributed by atoms with van der Waals surface area (Å²) in [4.78, 5) is 7.17. The van der Waals surface area contributed by atoms with Crippen LogP contribution in [0.2, 0.25) is 0 Å². The van der Waals surface area contributed by atoms with Gasteiger partial charge in [-0.1, -0.05) is 0 Å². The molecule has 0 spiro atoms. The minimum Gasteiger partial charge on any atom is -0.351 e. The van der Waals surface area contributed by atoms with Crippen LogP contribution in [0.4, 0.5) is 19.1 Å². The predicted molar refractivity (Wildman–Crippen MR) is 43.7 cm³/mol. The molecule has 2 rings (SSSR count). The molecule has 1 aromatic rings. The van der Waals surface area contributed by atoms with Crippen molar-refractivity contribution in [2.24, 2.45) is 0 Å². The predicted octanol–water partition coefficient (Wildman–Crippen LogP) is 2.07. The first-order chi connectivity index (χ1) is 6.55. The summed E-state index contributed by atoms with van der Waals surface area (Å²) in [6, 6.07) is 0.340. The average Bonchev–Trinajstić information content (AvgIpc) is 2.88. The molecule has 1 aromatic heterocycles. The van der Waals surface area contributed by atoms with Gasteiger partial charge in [-0.2, -0.15) is 13.2 Å². The molecular weight excluding hydrogens is 195 g/mol. The molecule has 3 nitrogen and oxygen atoms in total. The second-order valence-electron chi connectivity index (χ2n) is 3.21. The van der Waals surface area contributed by atoms with Gasteiger partial charge < -0.3 is 5.32 Å². The molecule has 1 fully saturated rings. The Morgan fingerprint density at radius 2 is 1.79 bits per heavy atom. The topological polar surface area (TPSA) is 37.8 Å². The summed E-state index contributed by atoms with van der Waals surface area (Å²) in [5.74, 6) is 0.264. The Balaban J connectivity index is 2.08. The van der Waals surface area contributed by atoms with Crippen molar-refractivity contribution in [2.45, 2.75) is 25.1 Å². The van der Waals surface area contributed by atoms with Gasteiger partial charge in [0.05, 0.1) is 5.56 Å². The second kappa shape index (κ2) is 3.11. The number of nitrogens with zero attached hydrogens (tertiary/aromatic N) is 2. The van der Waals surface area contributed by atoms with Crippen molar-refractivity contribution in [1.82, 2.24) is 9.97 Å². The van der Waals surface area contributed by atoms with Crippen molar-refractivity contribution in [3.63, 3.8) is 0 Å². The van der Waals surface area contributed by atoms with Gasteiger partial charge in [0, 0.05) is 18.4 Å². The van der Waals surface area contributed by atoms with Gasteiger partial charge in [0.15, 0.2) is 0 Å². The van der Waals surface area contributed by atoms with Crippen LogP contribution in [0.3, 0.4) is 0 Å². The Morgan fingerprint density at radius 3 is 2.21 bits per heavy atom. The molecule has 0 radical (unpaired) electrons. The van der Waals surface area contributed by atoms with Gasteiger partial charge >= 0.3 is 6.18 Å². The highest BCUT2D eigenvalue weighted by Crippen LogP contribution is 2.28. The molecule has 0 aromatic carbocycles. The van der Waals surface area contributed by atoms with Crippen LogP contribution in [0, 0.1) is 0 Å². The molecule has 1 N–H and O–H groups in total. The lowest BCUT2D eigenvalue weighted by atomic mass is 10.3. The van der Waals surface area contributed by atoms with Gasteiger partial charge in [-0.25, -0.2) is 9.97 Å². The third-order valence-corrected chi connectivity index (χ3v) is 1.89. The van der Waals surface area contributed by atoms with E-state index in [1.165, 1.54) is 0 Å². The van der Waals surface area contributed by atoms with Gasteiger partial charge in [-0.05, 0) is 12.8 Å². The molecule has 0 atom stereocenters. The summed E-state index contributed by atoms with van der Waals surface area (Å²) in [6.45, 7) is 0. The van der Waals surface area contributed by atoms with Crippen LogP contribution in [0.5, 0.6) is 0 Å². The zero-order valence-corrected chi connectivity index (χ0v) is 7.17. The number of aromatic nitrogens is 2. The Hall–Kier alpha value is -1.33. The molecule has 1 aliphatic rings. The van der Waals surface area contributed by atoms with Crippen LogP contribution in [-0.2, 0) is 6.18 Å². The Bertz CT molecular complexity index is 316. The van der Waals surface area contributed by atoms with E-state index in [2.05, 4.69) is 15.3 Å². The molecule has 1 heterocycles. The van der Waals surface area contributed by atoms with E-state index in [-0.39, 0.29) is 5.95 Å². The lowest BCUT2D eigenvalue weighted by molar-refractivity contribution is -0.138. The number of rotatable bonds is 2. The minimum atomic E-state index is -4.36. The Morgan fingerprint density at radius 1 is 1.21 bits per heavy atom. The van der Waals surface area contributed by atoms with Crippen molar-refractivity contribution < 1.29 is 13.2 Å². The van der Waals surface area contributed by atoms with Crippen molar-refractivity contribution in [1.29, 1.82) is 0 Å².